The second-order valence-electron chi connectivity index (χ2n) is 4.87. The highest BCUT2D eigenvalue weighted by Gasteiger charge is 2.22. The zero-order chi connectivity index (χ0) is 15.5. The van der Waals surface area contributed by atoms with Crippen LogP contribution in [0.2, 0.25) is 0 Å². The first kappa shape index (κ1) is 14.9. The lowest BCUT2D eigenvalue weighted by molar-refractivity contribution is 0.00822. The summed E-state index contributed by atoms with van der Waals surface area (Å²) in [6.45, 7) is 1.31. The van der Waals surface area contributed by atoms with E-state index in [1.165, 1.54) is 0 Å². The van der Waals surface area contributed by atoms with E-state index < -0.39 is 17.5 Å². The minimum atomic E-state index is -1.47. The fourth-order valence-corrected chi connectivity index (χ4v) is 1.92. The van der Waals surface area contributed by atoms with Crippen molar-refractivity contribution < 1.29 is 27.4 Å². The molecule has 0 aliphatic carbocycles. The molecule has 1 aliphatic heterocycles. The van der Waals surface area contributed by atoms with Crippen molar-refractivity contribution in [3.05, 3.63) is 53.8 Å². The Morgan fingerprint density at radius 1 is 1.00 bits per heavy atom. The van der Waals surface area contributed by atoms with Gasteiger partial charge in [-0.15, -0.1) is 0 Å². The summed E-state index contributed by atoms with van der Waals surface area (Å²) in [4.78, 5) is 0. The van der Waals surface area contributed by atoms with E-state index in [0.717, 1.165) is 18.7 Å². The van der Waals surface area contributed by atoms with E-state index in [-0.39, 0.29) is 18.5 Å². The number of benzene rings is 2. The van der Waals surface area contributed by atoms with Gasteiger partial charge in [0.1, 0.15) is 11.9 Å². The third-order valence-corrected chi connectivity index (χ3v) is 3.19. The smallest absolute Gasteiger partial charge is 0.194 e. The molecule has 3 nitrogen and oxygen atoms in total. The van der Waals surface area contributed by atoms with Gasteiger partial charge in [0.2, 0.25) is 0 Å². The highest BCUT2D eigenvalue weighted by molar-refractivity contribution is 5.64. The van der Waals surface area contributed by atoms with Crippen LogP contribution in [0.5, 0.6) is 5.75 Å². The molecule has 1 fully saturated rings. The molecule has 116 valence electrons. The van der Waals surface area contributed by atoms with Gasteiger partial charge >= 0.3 is 0 Å². The number of ether oxygens (including phenoxy) is 3. The molecule has 6 heteroatoms. The van der Waals surface area contributed by atoms with Crippen LogP contribution in [-0.2, 0) is 9.47 Å². The minimum absolute atomic E-state index is 0.0962. The Bertz CT molecular complexity index is 631. The molecule has 0 spiro atoms. The number of rotatable bonds is 6. The molecule has 1 heterocycles. The molecular formula is C16H13F3O3. The quantitative estimate of drug-likeness (QED) is 0.354. The van der Waals surface area contributed by atoms with E-state index in [2.05, 4.69) is 0 Å². The summed E-state index contributed by atoms with van der Waals surface area (Å²) in [5, 5.41) is 0. The molecule has 1 aliphatic rings. The highest BCUT2D eigenvalue weighted by atomic mass is 19.2. The van der Waals surface area contributed by atoms with Gasteiger partial charge in [-0.2, -0.15) is 0 Å². The molecular weight excluding hydrogens is 297 g/mol. The maximum atomic E-state index is 13.2. The summed E-state index contributed by atoms with van der Waals surface area (Å²) in [6, 6.07) is 8.45. The Balaban J connectivity index is 1.63. The molecule has 3 rings (SSSR count). The number of halogens is 3. The largest absolute Gasteiger partial charge is 0.468 e. The molecule has 0 amide bonds. The predicted molar refractivity (Wildman–Crippen MR) is 72.9 cm³/mol. The SMILES string of the molecule is Fc1cc(-c2ccc(OCOCC3CO3)cc2)cc(F)c1F. The van der Waals surface area contributed by atoms with E-state index in [1.807, 2.05) is 0 Å². The predicted octanol–water partition coefficient (Wildman–Crippen LogP) is 3.52. The van der Waals surface area contributed by atoms with Gasteiger partial charge in [-0.1, -0.05) is 12.1 Å². The Labute approximate surface area is 125 Å². The van der Waals surface area contributed by atoms with E-state index in [0.29, 0.717) is 17.9 Å². The lowest BCUT2D eigenvalue weighted by atomic mass is 10.1. The zero-order valence-electron chi connectivity index (χ0n) is 11.5. The third kappa shape index (κ3) is 3.58. The Hall–Kier alpha value is -2.05. The van der Waals surface area contributed by atoms with Crippen molar-refractivity contribution >= 4 is 0 Å². The van der Waals surface area contributed by atoms with Crippen molar-refractivity contribution in [3.8, 4) is 16.9 Å². The van der Waals surface area contributed by atoms with Gasteiger partial charge < -0.3 is 14.2 Å². The average Bonchev–Trinajstić information content (AvgIpc) is 3.33. The molecule has 2 aromatic carbocycles. The molecule has 0 bridgehead atoms. The van der Waals surface area contributed by atoms with Gasteiger partial charge in [0.05, 0.1) is 13.2 Å². The molecule has 0 aromatic heterocycles. The van der Waals surface area contributed by atoms with Crippen LogP contribution in [0.25, 0.3) is 11.1 Å². The number of epoxide rings is 1. The summed E-state index contributed by atoms with van der Waals surface area (Å²) in [5.41, 5.74) is 0.808. The van der Waals surface area contributed by atoms with Crippen LogP contribution in [0.4, 0.5) is 13.2 Å². The van der Waals surface area contributed by atoms with Crippen LogP contribution in [0.15, 0.2) is 36.4 Å². The zero-order valence-corrected chi connectivity index (χ0v) is 11.5. The van der Waals surface area contributed by atoms with Gasteiger partial charge in [-0.25, -0.2) is 13.2 Å². The van der Waals surface area contributed by atoms with Gasteiger partial charge in [-0.05, 0) is 35.4 Å². The van der Waals surface area contributed by atoms with Crippen LogP contribution in [0, 0.1) is 17.5 Å². The Morgan fingerprint density at radius 2 is 1.64 bits per heavy atom. The second-order valence-corrected chi connectivity index (χ2v) is 4.87. The van der Waals surface area contributed by atoms with Crippen molar-refractivity contribution in [3.63, 3.8) is 0 Å². The average molecular weight is 310 g/mol. The van der Waals surface area contributed by atoms with Crippen LogP contribution >= 0.6 is 0 Å². The van der Waals surface area contributed by atoms with E-state index in [9.17, 15) is 13.2 Å². The summed E-state index contributed by atoms with van der Waals surface area (Å²) in [7, 11) is 0. The third-order valence-electron chi connectivity index (χ3n) is 3.19. The second kappa shape index (κ2) is 6.37. The molecule has 22 heavy (non-hydrogen) atoms. The lowest BCUT2D eigenvalue weighted by Crippen LogP contribution is -2.07. The maximum Gasteiger partial charge on any atom is 0.194 e. The maximum absolute atomic E-state index is 13.2. The summed E-state index contributed by atoms with van der Waals surface area (Å²) >= 11 is 0. The normalized spacial score (nSPS) is 16.6. The molecule has 1 atom stereocenters. The molecule has 0 saturated carbocycles. The minimum Gasteiger partial charge on any atom is -0.468 e. The van der Waals surface area contributed by atoms with Gasteiger partial charge in [-0.3, -0.25) is 0 Å². The van der Waals surface area contributed by atoms with Crippen molar-refractivity contribution in [1.29, 1.82) is 0 Å². The van der Waals surface area contributed by atoms with Crippen molar-refractivity contribution in [1.82, 2.24) is 0 Å². The first-order valence-corrected chi connectivity index (χ1v) is 6.70. The summed E-state index contributed by atoms with van der Waals surface area (Å²) < 4.78 is 54.9. The molecule has 0 N–H and O–H groups in total. The van der Waals surface area contributed by atoms with Gasteiger partial charge in [0.25, 0.3) is 0 Å². The van der Waals surface area contributed by atoms with E-state index in [1.54, 1.807) is 24.3 Å². The van der Waals surface area contributed by atoms with Crippen LogP contribution in [0.3, 0.4) is 0 Å². The summed E-state index contributed by atoms with van der Waals surface area (Å²) in [6.07, 6.45) is 0.175. The molecule has 0 radical (unpaired) electrons. The standard InChI is InChI=1S/C16H13F3O3/c17-14-5-11(6-15(18)16(14)19)10-1-3-12(4-2-10)22-9-20-7-13-8-21-13/h1-6,13H,7-9H2. The molecule has 1 unspecified atom stereocenters. The van der Waals surface area contributed by atoms with Crippen molar-refractivity contribution in [2.45, 2.75) is 6.10 Å². The summed E-state index contributed by atoms with van der Waals surface area (Å²) in [5.74, 6) is -3.35. The van der Waals surface area contributed by atoms with E-state index >= 15 is 0 Å². The van der Waals surface area contributed by atoms with Gasteiger partial charge in [0, 0.05) is 0 Å². The van der Waals surface area contributed by atoms with Crippen LogP contribution in [-0.4, -0.2) is 26.1 Å². The Morgan fingerprint density at radius 3 is 2.23 bits per heavy atom. The number of hydrogen-bond acceptors (Lipinski definition) is 3. The lowest BCUT2D eigenvalue weighted by Gasteiger charge is -2.08. The monoisotopic (exact) mass is 310 g/mol. The molecule has 2 aromatic rings. The fraction of sp³-hybridized carbons (Fsp3) is 0.250. The Kier molecular flexibility index (Phi) is 4.31. The molecule has 1 saturated heterocycles. The van der Waals surface area contributed by atoms with Crippen molar-refractivity contribution in [2.75, 3.05) is 20.0 Å². The first-order valence-electron chi connectivity index (χ1n) is 6.70. The fourth-order valence-electron chi connectivity index (χ4n) is 1.92. The highest BCUT2D eigenvalue weighted by Crippen LogP contribution is 2.25. The van der Waals surface area contributed by atoms with Crippen LogP contribution in [0.1, 0.15) is 0 Å². The number of hydrogen-bond donors (Lipinski definition) is 0. The topological polar surface area (TPSA) is 31.0 Å². The van der Waals surface area contributed by atoms with Gasteiger partial charge in [0.15, 0.2) is 24.2 Å². The van der Waals surface area contributed by atoms with E-state index in [4.69, 9.17) is 14.2 Å². The first-order chi connectivity index (χ1) is 10.6. The van der Waals surface area contributed by atoms with Crippen LogP contribution < -0.4 is 4.74 Å². The van der Waals surface area contributed by atoms with Crippen molar-refractivity contribution in [2.24, 2.45) is 0 Å².